The van der Waals surface area contributed by atoms with Crippen LogP contribution in [0.25, 0.3) is 0 Å². The molecule has 1 aromatic rings. The molecule has 1 N–H and O–H groups in total. The van der Waals surface area contributed by atoms with Crippen LogP contribution in [0.4, 0.5) is 0 Å². The average molecular weight is 314 g/mol. The van der Waals surface area contributed by atoms with Gasteiger partial charge in [0.1, 0.15) is 0 Å². The number of benzene rings is 1. The molecule has 1 rings (SSSR count). The number of carboxylic acid groups (broad SMARTS) is 1. The molecule has 3 nitrogen and oxygen atoms in total. The molecule has 0 aliphatic carbocycles. The lowest BCUT2D eigenvalue weighted by Crippen LogP contribution is -2.35. The second-order valence-corrected chi connectivity index (χ2v) is 6.30. The highest BCUT2D eigenvalue weighted by atomic mass is 79.9. The molecule has 1 aromatic carbocycles. The van der Waals surface area contributed by atoms with E-state index in [-0.39, 0.29) is 17.9 Å². The molecule has 4 heteroatoms. The molecule has 0 radical (unpaired) electrons. The first-order valence-corrected chi connectivity index (χ1v) is 6.67. The molecule has 0 aliphatic heterocycles. The minimum Gasteiger partial charge on any atom is -0.481 e. The van der Waals surface area contributed by atoms with Crippen LogP contribution in [-0.4, -0.2) is 30.1 Å². The van der Waals surface area contributed by atoms with Gasteiger partial charge in [-0.2, -0.15) is 0 Å². The summed E-state index contributed by atoms with van der Waals surface area (Å²) in [6.45, 7) is 3.98. The van der Waals surface area contributed by atoms with Crippen LogP contribution < -0.4 is 0 Å². The highest BCUT2D eigenvalue weighted by Crippen LogP contribution is 2.42. The molecule has 0 amide bonds. The van der Waals surface area contributed by atoms with Gasteiger partial charge in [0.25, 0.3) is 0 Å². The summed E-state index contributed by atoms with van der Waals surface area (Å²) >= 11 is 3.55. The predicted octanol–water partition coefficient (Wildman–Crippen LogP) is 3.55. The molecule has 1 unspecified atom stereocenters. The van der Waals surface area contributed by atoms with Gasteiger partial charge in [0.15, 0.2) is 0 Å². The van der Waals surface area contributed by atoms with E-state index in [0.29, 0.717) is 0 Å². The third kappa shape index (κ3) is 3.56. The largest absolute Gasteiger partial charge is 0.481 e. The molecule has 0 fully saturated rings. The van der Waals surface area contributed by atoms with Crippen LogP contribution in [0.5, 0.6) is 0 Å². The van der Waals surface area contributed by atoms with Crippen molar-refractivity contribution in [3.05, 3.63) is 34.3 Å². The van der Waals surface area contributed by atoms with Gasteiger partial charge >= 0.3 is 5.97 Å². The Labute approximate surface area is 117 Å². The maximum atomic E-state index is 11.0. The van der Waals surface area contributed by atoms with Crippen molar-refractivity contribution in [1.29, 1.82) is 0 Å². The fourth-order valence-electron chi connectivity index (χ4n) is 2.58. The summed E-state index contributed by atoms with van der Waals surface area (Å²) in [5.41, 5.74) is 0.771. The molecule has 0 bridgehead atoms. The number of carbonyl (C=O) groups is 1. The average Bonchev–Trinajstić information content (AvgIpc) is 2.18. The van der Waals surface area contributed by atoms with E-state index < -0.39 is 5.97 Å². The van der Waals surface area contributed by atoms with Crippen molar-refractivity contribution in [2.45, 2.75) is 26.3 Å². The van der Waals surface area contributed by atoms with Crippen LogP contribution in [0.3, 0.4) is 0 Å². The molecule has 18 heavy (non-hydrogen) atoms. The number of halogens is 1. The maximum Gasteiger partial charge on any atom is 0.303 e. The van der Waals surface area contributed by atoms with E-state index in [1.54, 1.807) is 0 Å². The second kappa shape index (κ2) is 5.85. The minimum atomic E-state index is -0.765. The Kier molecular flexibility index (Phi) is 4.93. The van der Waals surface area contributed by atoms with Crippen LogP contribution in [0, 0.1) is 5.41 Å². The molecular weight excluding hydrogens is 294 g/mol. The Morgan fingerprint density at radius 3 is 2.39 bits per heavy atom. The first kappa shape index (κ1) is 15.2. The van der Waals surface area contributed by atoms with Crippen LogP contribution in [-0.2, 0) is 4.79 Å². The van der Waals surface area contributed by atoms with Gasteiger partial charge in [0.05, 0.1) is 6.42 Å². The van der Waals surface area contributed by atoms with Crippen molar-refractivity contribution in [2.24, 2.45) is 5.41 Å². The van der Waals surface area contributed by atoms with Crippen LogP contribution in [0.15, 0.2) is 28.7 Å². The number of hydrogen-bond acceptors (Lipinski definition) is 2. The normalized spacial score (nSPS) is 13.7. The second-order valence-electron chi connectivity index (χ2n) is 5.45. The van der Waals surface area contributed by atoms with E-state index in [0.717, 1.165) is 10.0 Å². The first-order chi connectivity index (χ1) is 8.25. The monoisotopic (exact) mass is 313 g/mol. The summed E-state index contributed by atoms with van der Waals surface area (Å²) in [6, 6.07) is 8.02. The lowest BCUT2D eigenvalue weighted by molar-refractivity contribution is -0.140. The summed E-state index contributed by atoms with van der Waals surface area (Å²) in [6.07, 6.45) is 0.136. The van der Waals surface area contributed by atoms with Crippen molar-refractivity contribution >= 4 is 21.9 Å². The van der Waals surface area contributed by atoms with Crippen molar-refractivity contribution in [3.63, 3.8) is 0 Å². The Hall–Kier alpha value is -0.870. The van der Waals surface area contributed by atoms with Crippen LogP contribution in [0.2, 0.25) is 0 Å². The fourth-order valence-corrected chi connectivity index (χ4v) is 3.08. The zero-order valence-electron chi connectivity index (χ0n) is 11.3. The van der Waals surface area contributed by atoms with Crippen molar-refractivity contribution < 1.29 is 9.90 Å². The lowest BCUT2D eigenvalue weighted by Gasteiger charge is -2.38. The predicted molar refractivity (Wildman–Crippen MR) is 76.6 cm³/mol. The number of aliphatic carboxylic acids is 1. The quantitative estimate of drug-likeness (QED) is 0.903. The van der Waals surface area contributed by atoms with Gasteiger partial charge in [-0.15, -0.1) is 0 Å². The topological polar surface area (TPSA) is 40.5 Å². The van der Waals surface area contributed by atoms with E-state index in [4.69, 9.17) is 5.11 Å². The van der Waals surface area contributed by atoms with E-state index in [1.807, 2.05) is 52.2 Å². The van der Waals surface area contributed by atoms with Gasteiger partial charge in [-0.3, -0.25) is 4.79 Å². The van der Waals surface area contributed by atoms with E-state index in [9.17, 15) is 4.79 Å². The highest BCUT2D eigenvalue weighted by Gasteiger charge is 2.35. The lowest BCUT2D eigenvalue weighted by atomic mass is 9.77. The van der Waals surface area contributed by atoms with Gasteiger partial charge in [0, 0.05) is 10.5 Å². The number of hydrogen-bond donors (Lipinski definition) is 1. The fraction of sp³-hybridized carbons (Fsp3) is 0.500. The summed E-state index contributed by atoms with van der Waals surface area (Å²) < 4.78 is 1.02. The van der Waals surface area contributed by atoms with Gasteiger partial charge in [-0.1, -0.05) is 48.0 Å². The molecule has 0 aromatic heterocycles. The summed E-state index contributed by atoms with van der Waals surface area (Å²) in [7, 11) is 3.96. The molecule has 0 spiro atoms. The Morgan fingerprint density at radius 1 is 1.39 bits per heavy atom. The summed E-state index contributed by atoms with van der Waals surface area (Å²) in [5, 5.41) is 9.07. The Balaban J connectivity index is 3.19. The Morgan fingerprint density at radius 2 is 1.94 bits per heavy atom. The molecule has 0 saturated heterocycles. The van der Waals surface area contributed by atoms with Gasteiger partial charge in [-0.05, 0) is 31.1 Å². The SMILES string of the molecule is CN(C)C(c1ccccc1Br)C(C)(C)CC(=O)O. The van der Waals surface area contributed by atoms with Crippen molar-refractivity contribution in [3.8, 4) is 0 Å². The third-order valence-corrected chi connectivity index (χ3v) is 3.79. The van der Waals surface area contributed by atoms with Gasteiger partial charge in [-0.25, -0.2) is 0 Å². The zero-order valence-corrected chi connectivity index (χ0v) is 12.9. The van der Waals surface area contributed by atoms with Gasteiger partial charge < -0.3 is 10.0 Å². The molecule has 0 saturated carbocycles. The van der Waals surface area contributed by atoms with Crippen LogP contribution >= 0.6 is 15.9 Å². The van der Waals surface area contributed by atoms with Gasteiger partial charge in [0.2, 0.25) is 0 Å². The molecule has 1 atom stereocenters. The number of carboxylic acids is 1. The van der Waals surface area contributed by atoms with Crippen molar-refractivity contribution in [2.75, 3.05) is 14.1 Å². The van der Waals surface area contributed by atoms with E-state index >= 15 is 0 Å². The van der Waals surface area contributed by atoms with E-state index in [2.05, 4.69) is 20.8 Å². The molecule has 0 aliphatic rings. The zero-order chi connectivity index (χ0) is 13.9. The Bertz CT molecular complexity index is 430. The summed E-state index contributed by atoms with van der Waals surface area (Å²) in [5.74, 6) is -0.765. The standard InChI is InChI=1S/C14H20BrNO2/c1-14(2,9-12(17)18)13(16(3)4)10-7-5-6-8-11(10)15/h5-8,13H,9H2,1-4H3,(H,17,18). The molecule has 0 heterocycles. The number of rotatable bonds is 5. The minimum absolute atomic E-state index is 0.0455. The smallest absolute Gasteiger partial charge is 0.303 e. The van der Waals surface area contributed by atoms with Crippen LogP contribution in [0.1, 0.15) is 31.9 Å². The molecule has 100 valence electrons. The number of nitrogens with zero attached hydrogens (tertiary/aromatic N) is 1. The maximum absolute atomic E-state index is 11.0. The third-order valence-electron chi connectivity index (χ3n) is 3.06. The molecular formula is C14H20BrNO2. The van der Waals surface area contributed by atoms with E-state index in [1.165, 1.54) is 0 Å². The highest BCUT2D eigenvalue weighted by molar-refractivity contribution is 9.10. The summed E-state index contributed by atoms with van der Waals surface area (Å²) in [4.78, 5) is 13.1. The first-order valence-electron chi connectivity index (χ1n) is 5.88. The van der Waals surface area contributed by atoms with Crippen molar-refractivity contribution in [1.82, 2.24) is 4.90 Å².